The minimum atomic E-state index is -1.61. The molecule has 0 radical (unpaired) electrons. The molecule has 1 heterocycles. The van der Waals surface area contributed by atoms with E-state index in [2.05, 4.69) is 5.16 Å². The predicted octanol–water partition coefficient (Wildman–Crippen LogP) is 2.08. The van der Waals surface area contributed by atoms with E-state index in [4.69, 9.17) is 4.84 Å². The third-order valence-corrected chi connectivity index (χ3v) is 3.56. The van der Waals surface area contributed by atoms with E-state index in [1.165, 1.54) is 0 Å². The molecule has 18 heavy (non-hydrogen) atoms. The SMILES string of the molecule is CC(C)(C)C1=NO[C@]2(O)c3ccccc3C(=O)[C@H]12. The average molecular weight is 245 g/mol. The molecule has 0 spiro atoms. The summed E-state index contributed by atoms with van der Waals surface area (Å²) < 4.78 is 0. The van der Waals surface area contributed by atoms with Gasteiger partial charge in [0.1, 0.15) is 5.92 Å². The molecule has 0 aromatic heterocycles. The molecule has 0 unspecified atom stereocenters. The second-order valence-electron chi connectivity index (χ2n) is 5.86. The van der Waals surface area contributed by atoms with Crippen LogP contribution in [0.3, 0.4) is 0 Å². The van der Waals surface area contributed by atoms with Crippen LogP contribution in [0.25, 0.3) is 0 Å². The second-order valence-corrected chi connectivity index (χ2v) is 5.86. The maximum absolute atomic E-state index is 12.4. The quantitative estimate of drug-likeness (QED) is 0.761. The first-order chi connectivity index (χ1) is 8.36. The predicted molar refractivity (Wildman–Crippen MR) is 66.1 cm³/mol. The molecule has 4 heteroatoms. The van der Waals surface area contributed by atoms with Crippen molar-refractivity contribution in [3.05, 3.63) is 35.4 Å². The van der Waals surface area contributed by atoms with Crippen LogP contribution in [0, 0.1) is 11.3 Å². The van der Waals surface area contributed by atoms with E-state index in [9.17, 15) is 9.90 Å². The van der Waals surface area contributed by atoms with E-state index in [0.717, 1.165) is 0 Å². The molecular weight excluding hydrogens is 230 g/mol. The number of Topliss-reactive ketones (excluding diaryl/α,β-unsaturated/α-hetero) is 1. The summed E-state index contributed by atoms with van der Waals surface area (Å²) in [6, 6.07) is 7.01. The number of oxime groups is 1. The largest absolute Gasteiger partial charge is 0.354 e. The first-order valence-corrected chi connectivity index (χ1v) is 5.98. The highest BCUT2D eigenvalue weighted by atomic mass is 16.7. The molecule has 1 N–H and O–H groups in total. The topological polar surface area (TPSA) is 58.9 Å². The van der Waals surface area contributed by atoms with E-state index in [1.54, 1.807) is 24.3 Å². The van der Waals surface area contributed by atoms with Crippen LogP contribution in [0.2, 0.25) is 0 Å². The Labute approximate surface area is 105 Å². The molecule has 0 saturated carbocycles. The van der Waals surface area contributed by atoms with Crippen LogP contribution in [0.15, 0.2) is 29.4 Å². The average Bonchev–Trinajstić information content (AvgIpc) is 2.75. The van der Waals surface area contributed by atoms with Crippen molar-refractivity contribution in [1.29, 1.82) is 0 Å². The minimum absolute atomic E-state index is 0.112. The van der Waals surface area contributed by atoms with Crippen LogP contribution in [0.1, 0.15) is 36.7 Å². The number of hydrogen-bond acceptors (Lipinski definition) is 4. The first kappa shape index (κ1) is 11.4. The zero-order valence-corrected chi connectivity index (χ0v) is 10.6. The van der Waals surface area contributed by atoms with Gasteiger partial charge in [-0.15, -0.1) is 0 Å². The standard InChI is InChI=1S/C14H15NO3/c1-13(2,3)12-10-11(16)8-6-4-5-7-9(8)14(10,17)18-15-12/h4-7,10,17H,1-3H3/t10-,14-/m1/s1. The van der Waals surface area contributed by atoms with Crippen molar-refractivity contribution in [3.63, 3.8) is 0 Å². The van der Waals surface area contributed by atoms with Crippen molar-refractivity contribution in [2.24, 2.45) is 16.5 Å². The zero-order chi connectivity index (χ0) is 13.1. The number of carbonyl (C=O) groups excluding carboxylic acids is 1. The number of hydrogen-bond donors (Lipinski definition) is 1. The lowest BCUT2D eigenvalue weighted by Gasteiger charge is -2.24. The highest BCUT2D eigenvalue weighted by molar-refractivity contribution is 6.18. The van der Waals surface area contributed by atoms with Gasteiger partial charge < -0.3 is 9.94 Å². The van der Waals surface area contributed by atoms with Gasteiger partial charge in [0, 0.05) is 16.5 Å². The molecule has 2 atom stereocenters. The Morgan fingerprint density at radius 1 is 1.33 bits per heavy atom. The lowest BCUT2D eigenvalue weighted by atomic mass is 9.79. The van der Waals surface area contributed by atoms with Gasteiger partial charge in [0.25, 0.3) is 5.79 Å². The number of ketones is 1. The fraction of sp³-hybridized carbons (Fsp3) is 0.429. The third-order valence-electron chi connectivity index (χ3n) is 3.56. The Morgan fingerprint density at radius 3 is 2.67 bits per heavy atom. The monoisotopic (exact) mass is 245 g/mol. The van der Waals surface area contributed by atoms with Crippen molar-refractivity contribution in [1.82, 2.24) is 0 Å². The number of fused-ring (bicyclic) bond motifs is 3. The molecule has 0 saturated heterocycles. The molecule has 1 aromatic rings. The first-order valence-electron chi connectivity index (χ1n) is 5.98. The number of aliphatic hydroxyl groups is 1. The number of rotatable bonds is 0. The molecule has 2 aliphatic rings. The van der Waals surface area contributed by atoms with Crippen molar-refractivity contribution in [2.75, 3.05) is 0 Å². The summed E-state index contributed by atoms with van der Waals surface area (Å²) in [5, 5.41) is 14.6. The molecule has 0 amide bonds. The summed E-state index contributed by atoms with van der Waals surface area (Å²) >= 11 is 0. The molecule has 4 nitrogen and oxygen atoms in total. The molecular formula is C14H15NO3. The fourth-order valence-corrected chi connectivity index (χ4v) is 2.65. The van der Waals surface area contributed by atoms with E-state index >= 15 is 0 Å². The van der Waals surface area contributed by atoms with Crippen LogP contribution < -0.4 is 0 Å². The van der Waals surface area contributed by atoms with Gasteiger partial charge in [-0.2, -0.15) is 0 Å². The molecule has 1 aromatic carbocycles. The van der Waals surface area contributed by atoms with E-state index in [-0.39, 0.29) is 11.2 Å². The van der Waals surface area contributed by atoms with Gasteiger partial charge in [0.15, 0.2) is 5.78 Å². The second kappa shape index (κ2) is 3.20. The summed E-state index contributed by atoms with van der Waals surface area (Å²) in [4.78, 5) is 17.6. The Kier molecular flexibility index (Phi) is 2.03. The third kappa shape index (κ3) is 1.24. The van der Waals surface area contributed by atoms with Gasteiger partial charge in [-0.1, -0.05) is 50.2 Å². The van der Waals surface area contributed by atoms with Gasteiger partial charge in [-0.3, -0.25) is 4.79 Å². The Morgan fingerprint density at radius 2 is 2.00 bits per heavy atom. The zero-order valence-electron chi connectivity index (χ0n) is 10.6. The maximum Gasteiger partial charge on any atom is 0.277 e. The lowest BCUT2D eigenvalue weighted by Crippen LogP contribution is -2.39. The van der Waals surface area contributed by atoms with E-state index in [0.29, 0.717) is 16.8 Å². The van der Waals surface area contributed by atoms with E-state index in [1.807, 2.05) is 20.8 Å². The molecule has 1 aliphatic heterocycles. The van der Waals surface area contributed by atoms with Crippen LogP contribution in [-0.2, 0) is 10.6 Å². The van der Waals surface area contributed by atoms with Crippen LogP contribution in [0.4, 0.5) is 0 Å². The summed E-state index contributed by atoms with van der Waals surface area (Å²) in [6.07, 6.45) is 0. The molecule has 1 aliphatic carbocycles. The lowest BCUT2D eigenvalue weighted by molar-refractivity contribution is -0.204. The Bertz CT molecular complexity index is 571. The maximum atomic E-state index is 12.4. The van der Waals surface area contributed by atoms with Crippen molar-refractivity contribution < 1.29 is 14.7 Å². The normalized spacial score (nSPS) is 29.7. The minimum Gasteiger partial charge on any atom is -0.354 e. The molecule has 94 valence electrons. The van der Waals surface area contributed by atoms with Gasteiger partial charge >= 0.3 is 0 Å². The fourth-order valence-electron chi connectivity index (χ4n) is 2.65. The van der Waals surface area contributed by atoms with Gasteiger partial charge in [0.05, 0.1) is 5.71 Å². The van der Waals surface area contributed by atoms with Crippen LogP contribution >= 0.6 is 0 Å². The summed E-state index contributed by atoms with van der Waals surface area (Å²) in [7, 11) is 0. The van der Waals surface area contributed by atoms with E-state index < -0.39 is 11.7 Å². The summed E-state index contributed by atoms with van der Waals surface area (Å²) in [5.41, 5.74) is 1.34. The highest BCUT2D eigenvalue weighted by Crippen LogP contribution is 2.49. The molecule has 0 bridgehead atoms. The number of benzene rings is 1. The van der Waals surface area contributed by atoms with Crippen molar-refractivity contribution in [3.8, 4) is 0 Å². The van der Waals surface area contributed by atoms with Gasteiger partial charge in [-0.25, -0.2) is 0 Å². The van der Waals surface area contributed by atoms with Crippen molar-refractivity contribution in [2.45, 2.75) is 26.6 Å². The molecule has 3 rings (SSSR count). The Hall–Kier alpha value is -1.68. The molecule has 0 fully saturated rings. The van der Waals surface area contributed by atoms with Crippen molar-refractivity contribution >= 4 is 11.5 Å². The summed E-state index contributed by atoms with van der Waals surface area (Å²) in [6.45, 7) is 5.87. The van der Waals surface area contributed by atoms with Gasteiger partial charge in [0.2, 0.25) is 0 Å². The number of carbonyl (C=O) groups is 1. The Balaban J connectivity index is 2.16. The summed E-state index contributed by atoms with van der Waals surface area (Å²) in [5.74, 6) is -2.44. The van der Waals surface area contributed by atoms with Crippen LogP contribution in [0.5, 0.6) is 0 Å². The smallest absolute Gasteiger partial charge is 0.277 e. The van der Waals surface area contributed by atoms with Crippen LogP contribution in [-0.4, -0.2) is 16.6 Å². The number of nitrogens with zero attached hydrogens (tertiary/aromatic N) is 1. The highest BCUT2D eigenvalue weighted by Gasteiger charge is 2.61. The van der Waals surface area contributed by atoms with Gasteiger partial charge in [-0.05, 0) is 0 Å².